The summed E-state index contributed by atoms with van der Waals surface area (Å²) in [4.78, 5) is 7.15. The first-order valence-electron chi connectivity index (χ1n) is 9.60. The van der Waals surface area contributed by atoms with Crippen molar-refractivity contribution in [2.75, 3.05) is 39.4 Å². The second-order valence-corrected chi connectivity index (χ2v) is 6.51. The number of likely N-dealkylation sites (tertiary alicyclic amines) is 1. The molecule has 0 unspecified atom stereocenters. The molecule has 2 aliphatic rings. The first-order chi connectivity index (χ1) is 11.3. The van der Waals surface area contributed by atoms with Crippen LogP contribution in [0.25, 0.3) is 0 Å². The van der Waals surface area contributed by atoms with E-state index in [2.05, 4.69) is 24.1 Å². The predicted octanol–water partition coefficient (Wildman–Crippen LogP) is 2.80. The van der Waals surface area contributed by atoms with Crippen molar-refractivity contribution in [3.05, 3.63) is 0 Å². The van der Waals surface area contributed by atoms with E-state index >= 15 is 0 Å². The van der Waals surface area contributed by atoms with E-state index in [0.29, 0.717) is 12.2 Å². The number of rotatable bonds is 8. The van der Waals surface area contributed by atoms with Crippen molar-refractivity contribution in [3.8, 4) is 0 Å². The zero-order valence-electron chi connectivity index (χ0n) is 15.1. The Kier molecular flexibility index (Phi) is 8.76. The van der Waals surface area contributed by atoms with Gasteiger partial charge in [-0.2, -0.15) is 0 Å². The van der Waals surface area contributed by atoms with Gasteiger partial charge in [0.25, 0.3) is 0 Å². The highest BCUT2D eigenvalue weighted by atomic mass is 16.5. The Hall–Kier alpha value is -0.810. The Morgan fingerprint density at radius 2 is 1.74 bits per heavy atom. The van der Waals surface area contributed by atoms with Crippen LogP contribution in [0.15, 0.2) is 4.99 Å². The molecule has 0 spiro atoms. The summed E-state index contributed by atoms with van der Waals surface area (Å²) in [5.41, 5.74) is 0. The SMILES string of the molecule is CCNC(=NCCCOC1CCCC1)N1CCC(OCC)CC1. The fraction of sp³-hybridized carbons (Fsp3) is 0.944. The molecule has 0 aromatic rings. The lowest BCUT2D eigenvalue weighted by Gasteiger charge is -2.34. The largest absolute Gasteiger partial charge is 0.378 e. The van der Waals surface area contributed by atoms with Gasteiger partial charge in [-0.15, -0.1) is 0 Å². The molecule has 1 saturated carbocycles. The Labute approximate surface area is 141 Å². The lowest BCUT2D eigenvalue weighted by Crippen LogP contribution is -2.47. The number of aliphatic imine (C=N–C) groups is 1. The summed E-state index contributed by atoms with van der Waals surface area (Å²) in [5.74, 6) is 1.06. The van der Waals surface area contributed by atoms with E-state index in [1.165, 1.54) is 25.7 Å². The van der Waals surface area contributed by atoms with Gasteiger partial charge in [-0.05, 0) is 46.0 Å². The lowest BCUT2D eigenvalue weighted by atomic mass is 10.1. The van der Waals surface area contributed by atoms with E-state index < -0.39 is 0 Å². The van der Waals surface area contributed by atoms with E-state index in [9.17, 15) is 0 Å². The van der Waals surface area contributed by atoms with E-state index in [4.69, 9.17) is 14.5 Å². The third-order valence-electron chi connectivity index (χ3n) is 4.70. The molecule has 1 heterocycles. The van der Waals surface area contributed by atoms with Crippen LogP contribution in [0.2, 0.25) is 0 Å². The van der Waals surface area contributed by atoms with Crippen LogP contribution in [0.4, 0.5) is 0 Å². The topological polar surface area (TPSA) is 46.1 Å². The summed E-state index contributed by atoms with van der Waals surface area (Å²) < 4.78 is 11.6. The van der Waals surface area contributed by atoms with Crippen LogP contribution in [0.1, 0.15) is 58.8 Å². The van der Waals surface area contributed by atoms with E-state index in [1.807, 2.05) is 0 Å². The fourth-order valence-electron chi connectivity index (χ4n) is 3.45. The normalized spacial score (nSPS) is 21.1. The summed E-state index contributed by atoms with van der Waals surface area (Å²) in [6.45, 7) is 9.71. The average Bonchev–Trinajstić information content (AvgIpc) is 3.08. The lowest BCUT2D eigenvalue weighted by molar-refractivity contribution is 0.0263. The van der Waals surface area contributed by atoms with Crippen molar-refractivity contribution >= 4 is 5.96 Å². The minimum absolute atomic E-state index is 0.430. The van der Waals surface area contributed by atoms with Crippen LogP contribution in [0.5, 0.6) is 0 Å². The molecule has 1 N–H and O–H groups in total. The molecule has 0 amide bonds. The van der Waals surface area contributed by atoms with Gasteiger partial charge < -0.3 is 19.7 Å². The van der Waals surface area contributed by atoms with Crippen molar-refractivity contribution in [3.63, 3.8) is 0 Å². The van der Waals surface area contributed by atoms with Gasteiger partial charge in [0.2, 0.25) is 0 Å². The third-order valence-corrected chi connectivity index (χ3v) is 4.70. The maximum Gasteiger partial charge on any atom is 0.193 e. The predicted molar refractivity (Wildman–Crippen MR) is 95.0 cm³/mol. The monoisotopic (exact) mass is 325 g/mol. The Morgan fingerprint density at radius 1 is 1.04 bits per heavy atom. The number of hydrogen-bond acceptors (Lipinski definition) is 3. The molecule has 23 heavy (non-hydrogen) atoms. The molecule has 2 rings (SSSR count). The maximum absolute atomic E-state index is 5.91. The molecule has 5 heteroatoms. The minimum atomic E-state index is 0.430. The number of guanidine groups is 1. The van der Waals surface area contributed by atoms with Gasteiger partial charge in [0, 0.05) is 39.4 Å². The summed E-state index contributed by atoms with van der Waals surface area (Å²) in [6.07, 6.45) is 9.34. The van der Waals surface area contributed by atoms with Gasteiger partial charge in [-0.3, -0.25) is 4.99 Å². The van der Waals surface area contributed by atoms with Crippen LogP contribution >= 0.6 is 0 Å². The molecule has 1 aliphatic heterocycles. The number of piperidine rings is 1. The number of ether oxygens (including phenoxy) is 2. The van der Waals surface area contributed by atoms with Crippen molar-refractivity contribution in [1.29, 1.82) is 0 Å². The molecule has 0 radical (unpaired) electrons. The maximum atomic E-state index is 5.91. The first kappa shape index (κ1) is 18.5. The fourth-order valence-corrected chi connectivity index (χ4v) is 3.45. The zero-order valence-corrected chi connectivity index (χ0v) is 15.1. The Morgan fingerprint density at radius 3 is 2.39 bits per heavy atom. The molecular weight excluding hydrogens is 290 g/mol. The van der Waals surface area contributed by atoms with Gasteiger partial charge in [-0.25, -0.2) is 0 Å². The quantitative estimate of drug-likeness (QED) is 0.423. The molecule has 0 aromatic carbocycles. The summed E-state index contributed by atoms with van der Waals surface area (Å²) in [5, 5.41) is 3.43. The van der Waals surface area contributed by atoms with Crippen LogP contribution in [0.3, 0.4) is 0 Å². The van der Waals surface area contributed by atoms with Crippen LogP contribution in [-0.4, -0.2) is 62.5 Å². The standard InChI is InChI=1S/C18H35N3O2/c1-3-19-18(21-13-10-17(11-14-21)22-4-2)20-12-7-15-23-16-8-5-6-9-16/h16-17H,3-15H2,1-2H3,(H,19,20). The number of nitrogens with zero attached hydrogens (tertiary/aromatic N) is 2. The summed E-state index contributed by atoms with van der Waals surface area (Å²) in [6, 6.07) is 0. The van der Waals surface area contributed by atoms with Gasteiger partial charge in [0.15, 0.2) is 5.96 Å². The average molecular weight is 325 g/mol. The first-order valence-corrected chi connectivity index (χ1v) is 9.60. The van der Waals surface area contributed by atoms with Crippen LogP contribution < -0.4 is 5.32 Å². The van der Waals surface area contributed by atoms with Gasteiger partial charge in [0.1, 0.15) is 0 Å². The van der Waals surface area contributed by atoms with Crippen LogP contribution in [-0.2, 0) is 9.47 Å². The van der Waals surface area contributed by atoms with E-state index in [1.54, 1.807) is 0 Å². The highest BCUT2D eigenvalue weighted by Gasteiger charge is 2.21. The highest BCUT2D eigenvalue weighted by molar-refractivity contribution is 5.80. The molecule has 134 valence electrons. The smallest absolute Gasteiger partial charge is 0.193 e. The van der Waals surface area contributed by atoms with Crippen molar-refractivity contribution in [2.45, 2.75) is 71.0 Å². The molecule has 0 aromatic heterocycles. The van der Waals surface area contributed by atoms with Gasteiger partial charge >= 0.3 is 0 Å². The molecule has 0 bridgehead atoms. The van der Waals surface area contributed by atoms with Gasteiger partial charge in [0.05, 0.1) is 12.2 Å². The molecular formula is C18H35N3O2. The number of hydrogen-bond donors (Lipinski definition) is 1. The third kappa shape index (κ3) is 6.68. The summed E-state index contributed by atoms with van der Waals surface area (Å²) in [7, 11) is 0. The van der Waals surface area contributed by atoms with Crippen molar-refractivity contribution in [1.82, 2.24) is 10.2 Å². The molecule has 5 nitrogen and oxygen atoms in total. The molecule has 1 aliphatic carbocycles. The van der Waals surface area contributed by atoms with E-state index in [-0.39, 0.29) is 0 Å². The second kappa shape index (κ2) is 10.9. The molecule has 0 atom stereocenters. The minimum Gasteiger partial charge on any atom is -0.378 e. The van der Waals surface area contributed by atoms with Gasteiger partial charge in [-0.1, -0.05) is 12.8 Å². The zero-order chi connectivity index (χ0) is 16.3. The highest BCUT2D eigenvalue weighted by Crippen LogP contribution is 2.20. The Bertz CT molecular complexity index is 335. The van der Waals surface area contributed by atoms with Crippen molar-refractivity contribution < 1.29 is 9.47 Å². The number of nitrogens with one attached hydrogen (secondary N) is 1. The molecule has 1 saturated heterocycles. The second-order valence-electron chi connectivity index (χ2n) is 6.51. The van der Waals surface area contributed by atoms with E-state index in [0.717, 1.165) is 64.6 Å². The van der Waals surface area contributed by atoms with Crippen LogP contribution in [0, 0.1) is 0 Å². The van der Waals surface area contributed by atoms with Crippen molar-refractivity contribution in [2.24, 2.45) is 4.99 Å². The summed E-state index contributed by atoms with van der Waals surface area (Å²) >= 11 is 0. The Balaban J connectivity index is 1.67. The molecule has 2 fully saturated rings.